The van der Waals surface area contributed by atoms with Crippen LogP contribution in [0.3, 0.4) is 0 Å². The molecule has 7 nitrogen and oxygen atoms in total. The number of rotatable bonds is 2. The fraction of sp³-hybridized carbons (Fsp3) is 0.556. The van der Waals surface area contributed by atoms with Crippen molar-refractivity contribution in [2.45, 2.75) is 31.2 Å². The predicted octanol–water partition coefficient (Wildman–Crippen LogP) is 0.217. The van der Waals surface area contributed by atoms with Crippen LogP contribution in [-0.2, 0) is 23.1 Å². The fourth-order valence-electron chi connectivity index (χ4n) is 1.99. The zero-order valence-electron chi connectivity index (χ0n) is 8.90. The summed E-state index contributed by atoms with van der Waals surface area (Å²) in [7, 11) is -3.41. The number of nitrogens with zero attached hydrogens (tertiary/aromatic N) is 3. The van der Waals surface area contributed by atoms with Crippen LogP contribution in [0.1, 0.15) is 24.1 Å². The maximum atomic E-state index is 12.0. The number of carbonyl (C=O) groups is 1. The van der Waals surface area contributed by atoms with Gasteiger partial charge in [0.2, 0.25) is 0 Å². The fourth-order valence-corrected chi connectivity index (χ4v) is 3.66. The van der Waals surface area contributed by atoms with Gasteiger partial charge in [-0.05, 0) is 12.8 Å². The van der Waals surface area contributed by atoms with Gasteiger partial charge in [-0.2, -0.15) is 9.19 Å². The normalized spacial score (nSPS) is 19.4. The van der Waals surface area contributed by atoms with Crippen molar-refractivity contribution in [3.8, 4) is 0 Å². The van der Waals surface area contributed by atoms with Crippen molar-refractivity contribution in [3.05, 3.63) is 17.5 Å². The maximum absolute atomic E-state index is 12.0. The van der Waals surface area contributed by atoms with Crippen molar-refractivity contribution >= 4 is 16.1 Å². The van der Waals surface area contributed by atoms with Crippen LogP contribution in [-0.4, -0.2) is 39.0 Å². The van der Waals surface area contributed by atoms with Gasteiger partial charge in [-0.25, -0.2) is 13.2 Å². The summed E-state index contributed by atoms with van der Waals surface area (Å²) in [6.45, 7) is 0.307. The van der Waals surface area contributed by atoms with E-state index in [1.165, 1.54) is 11.1 Å². The van der Waals surface area contributed by atoms with Gasteiger partial charge in [0.25, 0.3) is 10.0 Å². The highest BCUT2D eigenvalue weighted by Gasteiger charge is 2.40. The molecule has 92 valence electrons. The Balaban J connectivity index is 1.99. The van der Waals surface area contributed by atoms with E-state index in [4.69, 9.17) is 5.11 Å². The molecule has 0 bridgehead atoms. The molecular weight excluding hydrogens is 246 g/mol. The smallest absolute Gasteiger partial charge is 0.407 e. The number of hydrogen-bond donors (Lipinski definition) is 1. The van der Waals surface area contributed by atoms with Crippen molar-refractivity contribution in [3.63, 3.8) is 0 Å². The lowest BCUT2D eigenvalue weighted by Crippen LogP contribution is -2.26. The summed E-state index contributed by atoms with van der Waals surface area (Å²) in [5.74, 6) is 0. The van der Waals surface area contributed by atoms with Crippen LogP contribution >= 0.6 is 0 Å². The standard InChI is InChI=1S/C9H11N3O4S/c13-9(14)11-4-6-3-10-12(8(6)5-11)17(15,16)7-1-2-7/h3,7H,1-2,4-5H2,(H,13,14). The van der Waals surface area contributed by atoms with Crippen molar-refractivity contribution in [1.29, 1.82) is 0 Å². The second-order valence-corrected chi connectivity index (χ2v) is 6.38. The van der Waals surface area contributed by atoms with E-state index in [1.54, 1.807) is 0 Å². The molecule has 3 rings (SSSR count). The molecule has 0 aromatic carbocycles. The minimum Gasteiger partial charge on any atom is -0.465 e. The van der Waals surface area contributed by atoms with Crippen LogP contribution in [0.5, 0.6) is 0 Å². The van der Waals surface area contributed by atoms with Crippen molar-refractivity contribution in [1.82, 2.24) is 14.1 Å². The third-order valence-electron chi connectivity index (χ3n) is 3.08. The highest BCUT2D eigenvalue weighted by molar-refractivity contribution is 7.90. The van der Waals surface area contributed by atoms with E-state index < -0.39 is 16.1 Å². The number of aromatic nitrogens is 2. The molecule has 1 N–H and O–H groups in total. The molecule has 1 aliphatic carbocycles. The number of amides is 1. The van der Waals surface area contributed by atoms with Gasteiger partial charge in [0, 0.05) is 5.56 Å². The molecule has 1 saturated carbocycles. The molecule has 0 spiro atoms. The number of fused-ring (bicyclic) bond motifs is 1. The quantitative estimate of drug-likeness (QED) is 0.818. The molecule has 0 unspecified atom stereocenters. The van der Waals surface area contributed by atoms with Crippen LogP contribution in [0.4, 0.5) is 4.79 Å². The van der Waals surface area contributed by atoms with Gasteiger partial charge in [-0.3, -0.25) is 4.90 Å². The molecule has 8 heteroatoms. The molecule has 2 heterocycles. The van der Waals surface area contributed by atoms with Crippen molar-refractivity contribution < 1.29 is 18.3 Å². The molecule has 0 radical (unpaired) electrons. The first-order valence-corrected chi connectivity index (χ1v) is 6.78. The van der Waals surface area contributed by atoms with Crippen LogP contribution in [0.2, 0.25) is 0 Å². The monoisotopic (exact) mass is 257 g/mol. The van der Waals surface area contributed by atoms with Crippen LogP contribution in [0, 0.1) is 0 Å². The average molecular weight is 257 g/mol. The Hall–Kier alpha value is -1.57. The summed E-state index contributed by atoms with van der Waals surface area (Å²) < 4.78 is 25.1. The zero-order valence-corrected chi connectivity index (χ0v) is 9.72. The molecule has 2 aliphatic rings. The minimum atomic E-state index is -3.41. The minimum absolute atomic E-state index is 0.0939. The van der Waals surface area contributed by atoms with E-state index in [1.807, 2.05) is 0 Å². The van der Waals surface area contributed by atoms with Gasteiger partial charge < -0.3 is 5.11 Å². The Morgan fingerprint density at radius 2 is 2.12 bits per heavy atom. The molecule has 0 saturated heterocycles. The maximum Gasteiger partial charge on any atom is 0.407 e. The van der Waals surface area contributed by atoms with Crippen molar-refractivity contribution in [2.24, 2.45) is 0 Å². The largest absolute Gasteiger partial charge is 0.465 e. The summed E-state index contributed by atoms with van der Waals surface area (Å²) in [5.41, 5.74) is 1.16. The van der Waals surface area contributed by atoms with Gasteiger partial charge in [0.05, 0.1) is 30.2 Å². The highest BCUT2D eigenvalue weighted by atomic mass is 32.2. The molecule has 1 aromatic heterocycles. The lowest BCUT2D eigenvalue weighted by molar-refractivity contribution is 0.144. The van der Waals surface area contributed by atoms with E-state index in [0.29, 0.717) is 24.1 Å². The van der Waals surface area contributed by atoms with Crippen LogP contribution in [0.25, 0.3) is 0 Å². The second kappa shape index (κ2) is 3.22. The van der Waals surface area contributed by atoms with Crippen LogP contribution < -0.4 is 0 Å². The first-order chi connectivity index (χ1) is 8.00. The van der Waals surface area contributed by atoms with Gasteiger partial charge in [-0.15, -0.1) is 0 Å². The van der Waals surface area contributed by atoms with E-state index in [2.05, 4.69) is 5.10 Å². The Labute approximate surface area is 97.7 Å². The first-order valence-electron chi connectivity index (χ1n) is 5.28. The number of carboxylic acid groups (broad SMARTS) is 1. The zero-order chi connectivity index (χ0) is 12.2. The Bertz CT molecular complexity index is 587. The SMILES string of the molecule is O=C(O)N1Cc2cnn(S(=O)(=O)C3CC3)c2C1. The Morgan fingerprint density at radius 1 is 1.41 bits per heavy atom. The Kier molecular flexibility index (Phi) is 2.00. The summed E-state index contributed by atoms with van der Waals surface area (Å²) in [6, 6.07) is 0. The third kappa shape index (κ3) is 1.51. The lowest BCUT2D eigenvalue weighted by Gasteiger charge is -2.11. The van der Waals surface area contributed by atoms with Gasteiger partial charge in [0.15, 0.2) is 0 Å². The molecule has 1 aliphatic heterocycles. The molecular formula is C9H11N3O4S. The first kappa shape index (κ1) is 10.6. The molecule has 1 fully saturated rings. The Morgan fingerprint density at radius 3 is 2.71 bits per heavy atom. The van der Waals surface area contributed by atoms with E-state index >= 15 is 0 Å². The lowest BCUT2D eigenvalue weighted by atomic mass is 10.3. The summed E-state index contributed by atoms with van der Waals surface area (Å²) in [5, 5.41) is 12.4. The summed E-state index contributed by atoms with van der Waals surface area (Å²) in [4.78, 5) is 12.0. The van der Waals surface area contributed by atoms with Gasteiger partial charge in [0.1, 0.15) is 0 Å². The molecule has 1 amide bonds. The predicted molar refractivity (Wildman–Crippen MR) is 56.8 cm³/mol. The van der Waals surface area contributed by atoms with Crippen molar-refractivity contribution in [2.75, 3.05) is 0 Å². The van der Waals surface area contributed by atoms with Crippen LogP contribution in [0.15, 0.2) is 6.20 Å². The number of hydrogen-bond acceptors (Lipinski definition) is 4. The van der Waals surface area contributed by atoms with Gasteiger partial charge >= 0.3 is 6.09 Å². The van der Waals surface area contributed by atoms with E-state index in [0.717, 1.165) is 4.09 Å². The second-order valence-electron chi connectivity index (χ2n) is 4.34. The average Bonchev–Trinajstić information content (AvgIpc) is 2.89. The highest BCUT2D eigenvalue weighted by Crippen LogP contribution is 2.32. The summed E-state index contributed by atoms with van der Waals surface area (Å²) in [6.07, 6.45) is 1.73. The van der Waals surface area contributed by atoms with E-state index in [9.17, 15) is 13.2 Å². The van der Waals surface area contributed by atoms with E-state index in [-0.39, 0.29) is 18.3 Å². The molecule has 17 heavy (non-hydrogen) atoms. The van der Waals surface area contributed by atoms with Gasteiger partial charge in [-0.1, -0.05) is 0 Å². The topological polar surface area (TPSA) is 92.5 Å². The molecule has 1 aromatic rings. The third-order valence-corrected chi connectivity index (χ3v) is 5.19. The summed E-state index contributed by atoms with van der Waals surface area (Å²) >= 11 is 0. The molecule has 0 atom stereocenters.